The summed E-state index contributed by atoms with van der Waals surface area (Å²) < 4.78 is 19.4. The highest BCUT2D eigenvalue weighted by atomic mass is 35.5. The standard InChI is InChI=1S/C23H27ClFN3O5/c1-21(2,3)33-20(29)27-11-14-15(22(27,4)5)10-18(23(6,30)12-28(31)32)26-19(14)13-7-8-17(25)16(24)9-13/h7-10,30H,11-12H2,1-6H3. The molecule has 0 bridgehead atoms. The summed E-state index contributed by atoms with van der Waals surface area (Å²) in [7, 11) is 0. The van der Waals surface area contributed by atoms with E-state index in [-0.39, 0.29) is 17.3 Å². The lowest BCUT2D eigenvalue weighted by atomic mass is 9.88. The van der Waals surface area contributed by atoms with E-state index in [1.54, 1.807) is 26.8 Å². The molecule has 0 saturated carbocycles. The molecule has 2 aromatic rings. The van der Waals surface area contributed by atoms with Crippen molar-refractivity contribution in [2.45, 2.75) is 64.8 Å². The summed E-state index contributed by atoms with van der Waals surface area (Å²) in [5.41, 5.74) is -1.29. The van der Waals surface area contributed by atoms with Crippen LogP contribution >= 0.6 is 11.6 Å². The van der Waals surface area contributed by atoms with Crippen LogP contribution in [0.5, 0.6) is 0 Å². The van der Waals surface area contributed by atoms with Gasteiger partial charge in [0.1, 0.15) is 11.4 Å². The third-order valence-corrected chi connectivity index (χ3v) is 5.86. The average Bonchev–Trinajstić information content (AvgIpc) is 2.92. The zero-order valence-corrected chi connectivity index (χ0v) is 20.2. The fraction of sp³-hybridized carbons (Fsp3) is 0.478. The van der Waals surface area contributed by atoms with Gasteiger partial charge in [0.15, 0.2) is 5.60 Å². The first-order chi connectivity index (χ1) is 15.0. The van der Waals surface area contributed by atoms with E-state index >= 15 is 0 Å². The molecule has 0 radical (unpaired) electrons. The number of fused-ring (bicyclic) bond motifs is 1. The number of aliphatic hydroxyl groups is 1. The van der Waals surface area contributed by atoms with Crippen molar-refractivity contribution >= 4 is 17.7 Å². The van der Waals surface area contributed by atoms with Crippen LogP contribution in [-0.4, -0.2) is 38.2 Å². The Balaban J connectivity index is 2.22. The van der Waals surface area contributed by atoms with Crippen LogP contribution in [0.15, 0.2) is 24.3 Å². The number of nitrogens with zero attached hydrogens (tertiary/aromatic N) is 3. The summed E-state index contributed by atoms with van der Waals surface area (Å²) in [6, 6.07) is 5.66. The number of carbonyl (C=O) groups excluding carboxylic acids is 1. The Hall–Kier alpha value is -2.78. The molecule has 33 heavy (non-hydrogen) atoms. The number of benzene rings is 1. The van der Waals surface area contributed by atoms with Crippen molar-refractivity contribution in [3.63, 3.8) is 0 Å². The molecule has 178 valence electrons. The van der Waals surface area contributed by atoms with Crippen molar-refractivity contribution in [1.82, 2.24) is 9.88 Å². The van der Waals surface area contributed by atoms with E-state index in [2.05, 4.69) is 4.98 Å². The number of hydrogen-bond acceptors (Lipinski definition) is 6. The quantitative estimate of drug-likeness (QED) is 0.488. The summed E-state index contributed by atoms with van der Waals surface area (Å²) in [6.07, 6.45) is -0.537. The van der Waals surface area contributed by atoms with Crippen molar-refractivity contribution < 1.29 is 24.0 Å². The van der Waals surface area contributed by atoms with Gasteiger partial charge < -0.3 is 9.84 Å². The van der Waals surface area contributed by atoms with E-state index in [0.717, 1.165) is 0 Å². The third kappa shape index (κ3) is 4.94. The molecule has 1 unspecified atom stereocenters. The molecule has 3 rings (SSSR count). The average molecular weight is 480 g/mol. The predicted octanol–water partition coefficient (Wildman–Crippen LogP) is 5.01. The zero-order valence-electron chi connectivity index (χ0n) is 19.4. The molecule has 0 fully saturated rings. The van der Waals surface area contributed by atoms with E-state index in [0.29, 0.717) is 22.4 Å². The molecule has 8 nitrogen and oxygen atoms in total. The Morgan fingerprint density at radius 1 is 1.33 bits per heavy atom. The van der Waals surface area contributed by atoms with Crippen LogP contribution in [-0.2, 0) is 22.4 Å². The summed E-state index contributed by atoms with van der Waals surface area (Å²) in [5, 5.41) is 21.9. The Bertz CT molecular complexity index is 1130. The normalized spacial score (nSPS) is 16.8. The fourth-order valence-electron chi connectivity index (χ4n) is 3.88. The van der Waals surface area contributed by atoms with Gasteiger partial charge in [0.25, 0.3) is 0 Å². The highest BCUT2D eigenvalue weighted by Crippen LogP contribution is 2.44. The first kappa shape index (κ1) is 24.9. The maximum atomic E-state index is 13.8. The van der Waals surface area contributed by atoms with E-state index in [1.807, 2.05) is 13.8 Å². The molecule has 1 aliphatic heterocycles. The first-order valence-electron chi connectivity index (χ1n) is 10.4. The summed E-state index contributed by atoms with van der Waals surface area (Å²) in [5.74, 6) is -0.607. The van der Waals surface area contributed by atoms with Gasteiger partial charge in [-0.15, -0.1) is 0 Å². The van der Waals surface area contributed by atoms with Crippen molar-refractivity contribution in [2.75, 3.05) is 6.54 Å². The van der Waals surface area contributed by atoms with Crippen LogP contribution in [0.3, 0.4) is 0 Å². The van der Waals surface area contributed by atoms with Crippen LogP contribution < -0.4 is 0 Å². The second-order valence-electron chi connectivity index (χ2n) is 9.90. The number of aromatic nitrogens is 1. The van der Waals surface area contributed by atoms with Crippen molar-refractivity contribution in [1.29, 1.82) is 0 Å². The number of hydrogen-bond donors (Lipinski definition) is 1. The zero-order chi connectivity index (χ0) is 24.9. The lowest BCUT2D eigenvalue weighted by molar-refractivity contribution is -0.501. The third-order valence-electron chi connectivity index (χ3n) is 5.57. The van der Waals surface area contributed by atoms with Crippen LogP contribution in [0.2, 0.25) is 5.02 Å². The van der Waals surface area contributed by atoms with Crippen LogP contribution in [0, 0.1) is 15.9 Å². The molecule has 10 heteroatoms. The van der Waals surface area contributed by atoms with Crippen LogP contribution in [0.25, 0.3) is 11.3 Å². The minimum Gasteiger partial charge on any atom is -0.444 e. The summed E-state index contributed by atoms with van der Waals surface area (Å²) in [6.45, 7) is 9.61. The molecular weight excluding hydrogens is 453 g/mol. The molecule has 2 heterocycles. The van der Waals surface area contributed by atoms with Gasteiger partial charge in [-0.2, -0.15) is 0 Å². The lowest BCUT2D eigenvalue weighted by Crippen LogP contribution is -2.43. The van der Waals surface area contributed by atoms with Gasteiger partial charge in [-0.3, -0.25) is 15.0 Å². The van der Waals surface area contributed by atoms with E-state index in [4.69, 9.17) is 16.3 Å². The maximum Gasteiger partial charge on any atom is 0.411 e. The number of ether oxygens (including phenoxy) is 1. The minimum absolute atomic E-state index is 0.0625. The SMILES string of the molecule is CC(C)(C)OC(=O)N1Cc2c(cc(C(C)(O)C[N+](=O)[O-])nc2-c2ccc(F)c(Cl)c2)C1(C)C. The molecule has 0 spiro atoms. The van der Waals surface area contributed by atoms with Gasteiger partial charge in [-0.1, -0.05) is 11.6 Å². The second-order valence-corrected chi connectivity index (χ2v) is 10.3. The van der Waals surface area contributed by atoms with Gasteiger partial charge in [0, 0.05) is 16.1 Å². The topological polar surface area (TPSA) is 106 Å². The van der Waals surface area contributed by atoms with Gasteiger partial charge in [-0.25, -0.2) is 14.2 Å². The summed E-state index contributed by atoms with van der Waals surface area (Å²) in [4.78, 5) is 29.6. The molecule has 1 atom stereocenters. The smallest absolute Gasteiger partial charge is 0.411 e. The molecule has 1 N–H and O–H groups in total. The number of amides is 1. The van der Waals surface area contributed by atoms with Crippen LogP contribution in [0.1, 0.15) is 58.4 Å². The maximum absolute atomic E-state index is 13.8. The fourth-order valence-corrected chi connectivity index (χ4v) is 4.06. The Morgan fingerprint density at radius 3 is 2.52 bits per heavy atom. The van der Waals surface area contributed by atoms with E-state index < -0.39 is 40.1 Å². The van der Waals surface area contributed by atoms with Gasteiger partial charge in [0.05, 0.1) is 28.5 Å². The Kier molecular flexibility index (Phi) is 6.19. The molecule has 1 amide bonds. The van der Waals surface area contributed by atoms with Crippen molar-refractivity contribution in [3.05, 3.63) is 62.0 Å². The largest absolute Gasteiger partial charge is 0.444 e. The van der Waals surface area contributed by atoms with Crippen molar-refractivity contribution in [2.24, 2.45) is 0 Å². The monoisotopic (exact) mass is 479 g/mol. The molecule has 1 aromatic heterocycles. The van der Waals surface area contributed by atoms with Crippen molar-refractivity contribution in [3.8, 4) is 11.3 Å². The Morgan fingerprint density at radius 2 is 1.97 bits per heavy atom. The van der Waals surface area contributed by atoms with Gasteiger partial charge in [-0.05, 0) is 71.4 Å². The molecule has 1 aromatic carbocycles. The minimum atomic E-state index is -1.88. The number of halogens is 2. The second kappa shape index (κ2) is 8.22. The molecular formula is C23H27ClFN3O5. The predicted molar refractivity (Wildman–Crippen MR) is 121 cm³/mol. The number of carbonyl (C=O) groups is 1. The van der Waals surface area contributed by atoms with Crippen LogP contribution in [0.4, 0.5) is 9.18 Å². The first-order valence-corrected chi connectivity index (χ1v) is 10.8. The number of rotatable bonds is 4. The highest BCUT2D eigenvalue weighted by molar-refractivity contribution is 6.31. The van der Waals surface area contributed by atoms with E-state index in [1.165, 1.54) is 30.0 Å². The molecule has 1 aliphatic rings. The van der Waals surface area contributed by atoms with Gasteiger partial charge in [0.2, 0.25) is 6.54 Å². The highest BCUT2D eigenvalue weighted by Gasteiger charge is 2.45. The molecule has 0 aliphatic carbocycles. The van der Waals surface area contributed by atoms with Gasteiger partial charge >= 0.3 is 6.09 Å². The summed E-state index contributed by atoms with van der Waals surface area (Å²) >= 11 is 5.99. The lowest BCUT2D eigenvalue weighted by Gasteiger charge is -2.34. The Labute approximate surface area is 196 Å². The van der Waals surface area contributed by atoms with E-state index in [9.17, 15) is 24.4 Å². The number of nitro groups is 1. The number of pyridine rings is 1. The molecule has 0 saturated heterocycles.